The number of rotatable bonds is 10. The largest absolute Gasteiger partial charge is 0.497 e. The van der Waals surface area contributed by atoms with Gasteiger partial charge in [0.05, 0.1) is 20.3 Å². The molecule has 0 saturated carbocycles. The van der Waals surface area contributed by atoms with E-state index in [1.54, 1.807) is 21.2 Å². The highest BCUT2D eigenvalue weighted by Gasteiger charge is 2.06. The van der Waals surface area contributed by atoms with Crippen LogP contribution in [0.4, 0.5) is 0 Å². The summed E-state index contributed by atoms with van der Waals surface area (Å²) in [6.45, 7) is 5.97. The topological polar surface area (TPSA) is 75.2 Å². The van der Waals surface area contributed by atoms with Crippen LogP contribution in [0.25, 0.3) is 0 Å². The van der Waals surface area contributed by atoms with Crippen molar-refractivity contribution in [3.05, 3.63) is 29.8 Å². The Morgan fingerprint density at radius 1 is 1.26 bits per heavy atom. The van der Waals surface area contributed by atoms with E-state index in [0.29, 0.717) is 25.7 Å². The summed E-state index contributed by atoms with van der Waals surface area (Å²) in [5.74, 6) is 1.42. The van der Waals surface area contributed by atoms with Crippen molar-refractivity contribution in [1.82, 2.24) is 15.5 Å². The first-order valence-electron chi connectivity index (χ1n) is 8.92. The number of hydrogen-bond donors (Lipinski definition) is 2. The number of hydrogen-bond acceptors (Lipinski definition) is 4. The summed E-state index contributed by atoms with van der Waals surface area (Å²) in [6.07, 6.45) is 0.969. The Morgan fingerprint density at radius 2 is 1.93 bits per heavy atom. The molecule has 0 aliphatic carbocycles. The first-order chi connectivity index (χ1) is 12.5. The normalized spacial score (nSPS) is 12.0. The average molecular weight is 492 g/mol. The maximum absolute atomic E-state index is 11.7. The third kappa shape index (κ3) is 11.0. The van der Waals surface area contributed by atoms with Crippen LogP contribution in [-0.2, 0) is 16.1 Å². The zero-order valence-corrected chi connectivity index (χ0v) is 19.3. The number of aliphatic imine (C=N–C) groups is 1. The van der Waals surface area contributed by atoms with Crippen molar-refractivity contribution in [3.63, 3.8) is 0 Å². The second kappa shape index (κ2) is 14.5. The number of ether oxygens (including phenoxy) is 2. The molecule has 1 unspecified atom stereocenters. The van der Waals surface area contributed by atoms with E-state index in [1.807, 2.05) is 24.3 Å². The van der Waals surface area contributed by atoms with Crippen LogP contribution >= 0.6 is 24.0 Å². The lowest BCUT2D eigenvalue weighted by Gasteiger charge is -2.17. The van der Waals surface area contributed by atoms with Gasteiger partial charge in [-0.15, -0.1) is 24.0 Å². The molecule has 0 heterocycles. The summed E-state index contributed by atoms with van der Waals surface area (Å²) in [5.41, 5.74) is 1.09. The van der Waals surface area contributed by atoms with E-state index in [2.05, 4.69) is 29.5 Å². The van der Waals surface area contributed by atoms with Gasteiger partial charge in [-0.1, -0.05) is 19.1 Å². The number of carbonyl (C=O) groups is 1. The van der Waals surface area contributed by atoms with Crippen LogP contribution in [0.3, 0.4) is 0 Å². The Labute approximate surface area is 179 Å². The molecule has 0 bridgehead atoms. The van der Waals surface area contributed by atoms with Crippen LogP contribution in [0, 0.1) is 0 Å². The lowest BCUT2D eigenvalue weighted by atomic mass is 10.2. The standard InChI is InChI=1S/C19H32N4O3.HI/c1-6-15(2)22-19(21-13-18(24)23(3)4)20-11-12-26-14-16-7-9-17(25-5)10-8-16;/h7-10,15H,6,11-14H2,1-5H3,(H2,20,21,22);1H. The molecule has 27 heavy (non-hydrogen) atoms. The van der Waals surface area contributed by atoms with Gasteiger partial charge in [0.15, 0.2) is 5.96 Å². The summed E-state index contributed by atoms with van der Waals surface area (Å²) in [5, 5.41) is 6.49. The molecule has 1 rings (SSSR count). The van der Waals surface area contributed by atoms with Gasteiger partial charge in [-0.2, -0.15) is 0 Å². The van der Waals surface area contributed by atoms with Gasteiger partial charge < -0.3 is 25.0 Å². The van der Waals surface area contributed by atoms with Crippen LogP contribution in [0.2, 0.25) is 0 Å². The Morgan fingerprint density at radius 3 is 2.48 bits per heavy atom. The SMILES string of the molecule is CCC(C)NC(=NCC(=O)N(C)C)NCCOCc1ccc(OC)cc1.I. The molecule has 0 fully saturated rings. The molecule has 8 heteroatoms. The molecular formula is C19H33IN4O3. The minimum Gasteiger partial charge on any atom is -0.497 e. The molecule has 1 amide bonds. The Hall–Kier alpha value is -1.55. The lowest BCUT2D eigenvalue weighted by Crippen LogP contribution is -2.43. The van der Waals surface area contributed by atoms with Crippen molar-refractivity contribution in [1.29, 1.82) is 0 Å². The van der Waals surface area contributed by atoms with Crippen molar-refractivity contribution < 1.29 is 14.3 Å². The summed E-state index contributed by atoms with van der Waals surface area (Å²) in [7, 11) is 5.09. The fourth-order valence-corrected chi connectivity index (χ4v) is 1.93. The number of carbonyl (C=O) groups excluding carboxylic acids is 1. The van der Waals surface area contributed by atoms with Crippen molar-refractivity contribution in [2.24, 2.45) is 4.99 Å². The van der Waals surface area contributed by atoms with Crippen molar-refractivity contribution >= 4 is 35.8 Å². The van der Waals surface area contributed by atoms with Crippen LogP contribution in [0.5, 0.6) is 5.75 Å². The molecule has 2 N–H and O–H groups in total. The number of amides is 1. The highest BCUT2D eigenvalue weighted by atomic mass is 127. The third-order valence-electron chi connectivity index (χ3n) is 3.83. The van der Waals surface area contributed by atoms with Crippen molar-refractivity contribution in [2.45, 2.75) is 32.9 Å². The van der Waals surface area contributed by atoms with E-state index in [-0.39, 0.29) is 42.5 Å². The summed E-state index contributed by atoms with van der Waals surface area (Å²) in [6, 6.07) is 8.07. The highest BCUT2D eigenvalue weighted by molar-refractivity contribution is 14.0. The molecule has 0 saturated heterocycles. The molecule has 1 atom stereocenters. The van der Waals surface area contributed by atoms with Gasteiger partial charge in [0.25, 0.3) is 0 Å². The smallest absolute Gasteiger partial charge is 0.243 e. The molecule has 0 aliphatic heterocycles. The Bertz CT molecular complexity index is 565. The fourth-order valence-electron chi connectivity index (χ4n) is 1.93. The van der Waals surface area contributed by atoms with E-state index in [9.17, 15) is 4.79 Å². The third-order valence-corrected chi connectivity index (χ3v) is 3.83. The first kappa shape index (κ1) is 25.4. The molecular weight excluding hydrogens is 459 g/mol. The highest BCUT2D eigenvalue weighted by Crippen LogP contribution is 2.11. The van der Waals surface area contributed by atoms with E-state index in [4.69, 9.17) is 9.47 Å². The minimum absolute atomic E-state index is 0. The predicted molar refractivity (Wildman–Crippen MR) is 120 cm³/mol. The van der Waals surface area contributed by atoms with Gasteiger partial charge in [0.1, 0.15) is 12.3 Å². The number of likely N-dealkylation sites (N-methyl/N-ethyl adjacent to an activating group) is 1. The van der Waals surface area contributed by atoms with Gasteiger partial charge in [-0.3, -0.25) is 4.79 Å². The Kier molecular flexibility index (Phi) is 13.7. The molecule has 1 aromatic carbocycles. The molecule has 1 aromatic rings. The number of methoxy groups -OCH3 is 1. The van der Waals surface area contributed by atoms with Gasteiger partial charge in [-0.05, 0) is 31.0 Å². The summed E-state index contributed by atoms with van der Waals surface area (Å²) < 4.78 is 10.8. The molecule has 7 nitrogen and oxygen atoms in total. The van der Waals surface area contributed by atoms with Crippen LogP contribution in [0.15, 0.2) is 29.3 Å². The van der Waals surface area contributed by atoms with E-state index in [0.717, 1.165) is 17.7 Å². The van der Waals surface area contributed by atoms with E-state index < -0.39 is 0 Å². The zero-order valence-electron chi connectivity index (χ0n) is 16.9. The second-order valence-electron chi connectivity index (χ2n) is 6.23. The number of nitrogens with zero attached hydrogens (tertiary/aromatic N) is 2. The lowest BCUT2D eigenvalue weighted by molar-refractivity contribution is -0.127. The fraction of sp³-hybridized carbons (Fsp3) is 0.579. The van der Waals surface area contributed by atoms with E-state index >= 15 is 0 Å². The van der Waals surface area contributed by atoms with E-state index in [1.165, 1.54) is 4.90 Å². The molecule has 0 aliphatic rings. The molecule has 0 spiro atoms. The monoisotopic (exact) mass is 492 g/mol. The second-order valence-corrected chi connectivity index (χ2v) is 6.23. The first-order valence-corrected chi connectivity index (χ1v) is 8.92. The maximum atomic E-state index is 11.7. The summed E-state index contributed by atoms with van der Waals surface area (Å²) >= 11 is 0. The molecule has 0 aromatic heterocycles. The maximum Gasteiger partial charge on any atom is 0.243 e. The Balaban J connectivity index is 0.00000676. The van der Waals surface area contributed by atoms with Crippen LogP contribution in [0.1, 0.15) is 25.8 Å². The number of guanidine groups is 1. The number of benzene rings is 1. The minimum atomic E-state index is -0.0361. The number of nitrogens with one attached hydrogen (secondary N) is 2. The molecule has 154 valence electrons. The van der Waals surface area contributed by atoms with Gasteiger partial charge >= 0.3 is 0 Å². The van der Waals surface area contributed by atoms with Crippen LogP contribution in [-0.4, -0.2) is 63.7 Å². The summed E-state index contributed by atoms with van der Waals surface area (Å²) in [4.78, 5) is 17.6. The van der Waals surface area contributed by atoms with Crippen molar-refractivity contribution in [3.8, 4) is 5.75 Å². The quantitative estimate of drug-likeness (QED) is 0.227. The van der Waals surface area contributed by atoms with Crippen LogP contribution < -0.4 is 15.4 Å². The van der Waals surface area contributed by atoms with Gasteiger partial charge in [0.2, 0.25) is 5.91 Å². The predicted octanol–water partition coefficient (Wildman–Crippen LogP) is 2.25. The van der Waals surface area contributed by atoms with Gasteiger partial charge in [-0.25, -0.2) is 4.99 Å². The number of halogens is 1. The average Bonchev–Trinajstić information content (AvgIpc) is 2.65. The molecule has 0 radical (unpaired) electrons. The zero-order chi connectivity index (χ0) is 19.4. The van der Waals surface area contributed by atoms with Gasteiger partial charge in [0, 0.05) is 26.7 Å². The van der Waals surface area contributed by atoms with Crippen molar-refractivity contribution in [2.75, 3.05) is 40.9 Å².